The number of aryl methyl sites for hydroxylation is 2. The molecular weight excluding hydrogens is 428 g/mol. The molecule has 0 saturated carbocycles. The predicted octanol–water partition coefficient (Wildman–Crippen LogP) is 1.65. The molecule has 2 rings (SSSR count). The predicted molar refractivity (Wildman–Crippen MR) is 116 cm³/mol. The van der Waals surface area contributed by atoms with Gasteiger partial charge in [0.2, 0.25) is 20.0 Å². The molecule has 164 valence electrons. The fourth-order valence-corrected chi connectivity index (χ4v) is 3.02. The van der Waals surface area contributed by atoms with Crippen LogP contribution in [0, 0.1) is 13.8 Å². The van der Waals surface area contributed by atoms with E-state index in [0.717, 1.165) is 11.4 Å². The first-order valence-corrected chi connectivity index (χ1v) is 11.7. The lowest BCUT2D eigenvalue weighted by atomic mass is 10.2. The van der Waals surface area contributed by atoms with Crippen LogP contribution in [0.25, 0.3) is 11.1 Å². The molecular formula is C18H26N6O4S2. The summed E-state index contributed by atoms with van der Waals surface area (Å²) < 4.78 is 44.3. The van der Waals surface area contributed by atoms with Gasteiger partial charge in [0.15, 0.2) is 0 Å². The van der Waals surface area contributed by atoms with Gasteiger partial charge in [-0.15, -0.1) is 0 Å². The molecule has 0 aromatic carbocycles. The van der Waals surface area contributed by atoms with Crippen LogP contribution in [0.5, 0.6) is 0 Å². The molecule has 2 aromatic rings. The third-order valence-electron chi connectivity index (χ3n) is 4.24. The summed E-state index contributed by atoms with van der Waals surface area (Å²) in [6, 6.07) is 0. The summed E-state index contributed by atoms with van der Waals surface area (Å²) in [6.07, 6.45) is 6.21. The molecule has 0 aliphatic carbocycles. The van der Waals surface area contributed by atoms with E-state index in [1.54, 1.807) is 26.2 Å². The van der Waals surface area contributed by atoms with Crippen molar-refractivity contribution < 1.29 is 16.8 Å². The topological polar surface area (TPSA) is 172 Å². The highest BCUT2D eigenvalue weighted by molar-refractivity contribution is 7.93. The normalized spacial score (nSPS) is 13.6. The Morgan fingerprint density at radius 3 is 1.13 bits per heavy atom. The van der Waals surface area contributed by atoms with Gasteiger partial charge in [-0.1, -0.05) is 0 Å². The Hall–Kier alpha value is -2.54. The van der Waals surface area contributed by atoms with Gasteiger partial charge in [-0.25, -0.2) is 27.1 Å². The number of nitrogens with zero attached hydrogens (tertiary/aromatic N) is 4. The summed E-state index contributed by atoms with van der Waals surface area (Å²) in [5.74, 6) is 0. The second-order valence-corrected chi connectivity index (χ2v) is 9.94. The molecule has 30 heavy (non-hydrogen) atoms. The first-order valence-electron chi connectivity index (χ1n) is 8.63. The lowest BCUT2D eigenvalue weighted by Gasteiger charge is -2.04. The van der Waals surface area contributed by atoms with Gasteiger partial charge < -0.3 is 0 Å². The number of allylic oxidation sites excluding steroid dienone is 4. The minimum absolute atomic E-state index is 0.112. The van der Waals surface area contributed by atoms with E-state index in [4.69, 9.17) is 10.3 Å². The third kappa shape index (κ3) is 7.37. The van der Waals surface area contributed by atoms with Crippen LogP contribution >= 0.6 is 0 Å². The quantitative estimate of drug-likeness (QED) is 0.701. The maximum Gasteiger partial charge on any atom is 0.234 e. The van der Waals surface area contributed by atoms with E-state index in [-0.39, 0.29) is 9.81 Å². The molecule has 12 heteroatoms. The summed E-state index contributed by atoms with van der Waals surface area (Å²) >= 11 is 0. The van der Waals surface area contributed by atoms with Gasteiger partial charge in [-0.3, -0.25) is 19.9 Å². The number of hydrogen-bond acceptors (Lipinski definition) is 8. The maximum absolute atomic E-state index is 11.1. The van der Waals surface area contributed by atoms with Gasteiger partial charge in [0.25, 0.3) is 0 Å². The Balaban J connectivity index is 0.000000300. The highest BCUT2D eigenvalue weighted by Gasteiger charge is 2.13. The molecule has 0 radical (unpaired) electrons. The molecule has 0 amide bonds. The van der Waals surface area contributed by atoms with Gasteiger partial charge >= 0.3 is 0 Å². The highest BCUT2D eigenvalue weighted by atomic mass is 32.2. The Morgan fingerprint density at radius 2 is 0.933 bits per heavy atom. The van der Waals surface area contributed by atoms with E-state index in [9.17, 15) is 16.8 Å². The summed E-state index contributed by atoms with van der Waals surface area (Å²) in [5, 5.41) is 10.0. The van der Waals surface area contributed by atoms with Gasteiger partial charge in [-0.05, 0) is 52.7 Å². The zero-order chi connectivity index (χ0) is 23.3. The van der Waals surface area contributed by atoms with E-state index in [0.29, 0.717) is 22.5 Å². The van der Waals surface area contributed by atoms with Gasteiger partial charge in [-0.2, -0.15) is 0 Å². The number of hydrogen-bond donors (Lipinski definition) is 2. The summed E-state index contributed by atoms with van der Waals surface area (Å²) in [5.41, 5.74) is 3.63. The Kier molecular flexibility index (Phi) is 8.48. The zero-order valence-corrected chi connectivity index (χ0v) is 19.3. The van der Waals surface area contributed by atoms with Gasteiger partial charge in [0, 0.05) is 12.4 Å². The fraction of sp³-hybridized carbons (Fsp3) is 0.333. The van der Waals surface area contributed by atoms with Gasteiger partial charge in [0.1, 0.15) is 0 Å². The number of nitrogens with two attached hydrogens (primary N) is 2. The standard InChI is InChI=1S/2C9H13N3O2S/c2*1-6-4-12-9(5-11-6)7(2)8(3)15(10,13)14/h2*4-5H,1-3H3,(H2,10,13,14)/b2*8-7+. The van der Waals surface area contributed by atoms with Crippen LogP contribution < -0.4 is 10.3 Å². The van der Waals surface area contributed by atoms with Crippen molar-refractivity contribution in [2.24, 2.45) is 10.3 Å². The van der Waals surface area contributed by atoms with Crippen molar-refractivity contribution in [3.63, 3.8) is 0 Å². The van der Waals surface area contributed by atoms with Crippen molar-refractivity contribution in [3.05, 3.63) is 57.4 Å². The van der Waals surface area contributed by atoms with E-state index in [2.05, 4.69) is 19.9 Å². The van der Waals surface area contributed by atoms with Crippen molar-refractivity contribution in [2.45, 2.75) is 41.5 Å². The minimum Gasteiger partial charge on any atom is -0.258 e. The number of rotatable bonds is 4. The molecule has 0 bridgehead atoms. The summed E-state index contributed by atoms with van der Waals surface area (Å²) in [7, 11) is -7.30. The molecule has 0 spiro atoms. The highest BCUT2D eigenvalue weighted by Crippen LogP contribution is 2.18. The van der Waals surface area contributed by atoms with Crippen molar-refractivity contribution in [3.8, 4) is 0 Å². The summed E-state index contributed by atoms with van der Waals surface area (Å²) in [4.78, 5) is 16.4. The Morgan fingerprint density at radius 1 is 0.633 bits per heavy atom. The lowest BCUT2D eigenvalue weighted by molar-refractivity contribution is 0.602. The molecule has 0 fully saturated rings. The van der Waals surface area contributed by atoms with Crippen LogP contribution in [-0.4, -0.2) is 36.8 Å². The first-order chi connectivity index (χ1) is 13.6. The molecule has 0 aliphatic heterocycles. The molecule has 0 atom stereocenters. The van der Waals surface area contributed by atoms with Crippen LogP contribution in [0.4, 0.5) is 0 Å². The monoisotopic (exact) mass is 454 g/mol. The second kappa shape index (κ2) is 9.98. The molecule has 2 heterocycles. The van der Waals surface area contributed by atoms with Crippen LogP contribution in [0.3, 0.4) is 0 Å². The van der Waals surface area contributed by atoms with E-state index in [1.807, 2.05) is 13.8 Å². The average molecular weight is 455 g/mol. The average Bonchev–Trinajstić information content (AvgIpc) is 2.66. The maximum atomic E-state index is 11.1. The Bertz CT molecular complexity index is 1070. The summed E-state index contributed by atoms with van der Waals surface area (Å²) in [6.45, 7) is 9.82. The van der Waals surface area contributed by atoms with E-state index >= 15 is 0 Å². The number of aromatic nitrogens is 4. The van der Waals surface area contributed by atoms with Crippen LogP contribution in [0.1, 0.15) is 50.5 Å². The molecule has 10 nitrogen and oxygen atoms in total. The van der Waals surface area contributed by atoms with Crippen molar-refractivity contribution >= 4 is 31.2 Å². The van der Waals surface area contributed by atoms with Gasteiger partial charge in [0.05, 0.1) is 45.0 Å². The van der Waals surface area contributed by atoms with Crippen molar-refractivity contribution in [2.75, 3.05) is 0 Å². The molecule has 0 aliphatic rings. The molecule has 0 unspecified atom stereocenters. The van der Waals surface area contributed by atoms with Crippen LogP contribution in [0.2, 0.25) is 0 Å². The minimum atomic E-state index is -3.65. The van der Waals surface area contributed by atoms with Crippen molar-refractivity contribution in [1.29, 1.82) is 0 Å². The largest absolute Gasteiger partial charge is 0.258 e. The second-order valence-electron chi connectivity index (χ2n) is 6.54. The smallest absolute Gasteiger partial charge is 0.234 e. The number of primary sulfonamides is 2. The lowest BCUT2D eigenvalue weighted by Crippen LogP contribution is -2.14. The van der Waals surface area contributed by atoms with E-state index < -0.39 is 20.0 Å². The van der Waals surface area contributed by atoms with E-state index in [1.165, 1.54) is 26.2 Å². The zero-order valence-electron chi connectivity index (χ0n) is 17.7. The first kappa shape index (κ1) is 25.5. The fourth-order valence-electron chi connectivity index (χ4n) is 1.96. The van der Waals surface area contributed by atoms with Crippen LogP contribution in [-0.2, 0) is 20.0 Å². The SMILES string of the molecule is C/C(=C(/C)S(N)(=O)=O)c1cnc(C)cn1.C/C(=C(/C)S(N)(=O)=O)c1cnc(C)cn1. The Labute approximate surface area is 177 Å². The molecule has 2 aromatic heterocycles. The third-order valence-corrected chi connectivity index (χ3v) is 6.56. The number of sulfonamides is 2. The van der Waals surface area contributed by atoms with Crippen molar-refractivity contribution in [1.82, 2.24) is 19.9 Å². The van der Waals surface area contributed by atoms with Crippen LogP contribution in [0.15, 0.2) is 34.6 Å². The molecule has 0 saturated heterocycles. The molecule has 4 N–H and O–H groups in total.